The Bertz CT molecular complexity index is 730. The highest BCUT2D eigenvalue weighted by atomic mass is 32.1. The van der Waals surface area contributed by atoms with E-state index in [1.54, 1.807) is 12.1 Å². The molecule has 1 heterocycles. The lowest BCUT2D eigenvalue weighted by Crippen LogP contribution is -2.34. The summed E-state index contributed by atoms with van der Waals surface area (Å²) in [7, 11) is 1.45. The number of anilines is 1. The summed E-state index contributed by atoms with van der Waals surface area (Å²) in [6.45, 7) is 7.82. The second-order valence-electron chi connectivity index (χ2n) is 5.80. The van der Waals surface area contributed by atoms with Crippen molar-refractivity contribution in [3.8, 4) is 0 Å². The van der Waals surface area contributed by atoms with E-state index in [1.165, 1.54) is 18.1 Å². The summed E-state index contributed by atoms with van der Waals surface area (Å²) < 4.78 is 24.4. The van der Waals surface area contributed by atoms with Crippen LogP contribution in [-0.4, -0.2) is 37.6 Å². The highest BCUT2D eigenvalue weighted by Crippen LogP contribution is 2.50. The maximum Gasteiger partial charge on any atom is 0.414 e. The molecule has 1 amide bonds. The number of halogens is 1. The van der Waals surface area contributed by atoms with Gasteiger partial charge < -0.3 is 19.6 Å². The molecule has 1 atom stereocenters. The van der Waals surface area contributed by atoms with E-state index in [0.29, 0.717) is 30.6 Å². The Morgan fingerprint density at radius 1 is 1.62 bits per heavy atom. The summed E-state index contributed by atoms with van der Waals surface area (Å²) in [5, 5.41) is 3.04. The monoisotopic (exact) mass is 349 g/mol. The minimum Gasteiger partial charge on any atom is -0.474 e. The molecule has 2 aliphatic rings. The third-order valence-corrected chi connectivity index (χ3v) is 4.55. The summed E-state index contributed by atoms with van der Waals surface area (Å²) in [5.41, 5.74) is 0.104. The number of carbonyl (C=O) groups is 1. The fraction of sp³-hybridized carbons (Fsp3) is 0.438. The molecule has 0 bridgehead atoms. The predicted molar refractivity (Wildman–Crippen MR) is 89.1 cm³/mol. The molecule has 1 aromatic rings. The van der Waals surface area contributed by atoms with Crippen molar-refractivity contribution in [3.05, 3.63) is 41.0 Å². The number of ether oxygens (including phenoxy) is 2. The van der Waals surface area contributed by atoms with E-state index in [0.717, 1.165) is 0 Å². The smallest absolute Gasteiger partial charge is 0.414 e. The molecule has 0 radical (unpaired) electrons. The third kappa shape index (κ3) is 2.99. The van der Waals surface area contributed by atoms with Crippen molar-refractivity contribution in [2.45, 2.75) is 24.5 Å². The zero-order valence-corrected chi connectivity index (χ0v) is 13.9. The van der Waals surface area contributed by atoms with Crippen LogP contribution in [0.1, 0.15) is 18.4 Å². The van der Waals surface area contributed by atoms with Crippen molar-refractivity contribution < 1.29 is 18.7 Å². The van der Waals surface area contributed by atoms with Crippen LogP contribution in [0.15, 0.2) is 18.2 Å². The number of hydrogen-bond donors (Lipinski definition) is 1. The zero-order chi connectivity index (χ0) is 17.3. The van der Waals surface area contributed by atoms with Gasteiger partial charge in [0, 0.05) is 12.8 Å². The van der Waals surface area contributed by atoms with Crippen molar-refractivity contribution in [2.75, 3.05) is 25.1 Å². The Morgan fingerprint density at radius 3 is 2.96 bits per heavy atom. The summed E-state index contributed by atoms with van der Waals surface area (Å²) >= 11 is 4.86. The number of methoxy groups -OCH3 is 1. The van der Waals surface area contributed by atoms with Gasteiger partial charge in [0.05, 0.1) is 31.5 Å². The molecule has 3 rings (SSSR count). The fourth-order valence-corrected chi connectivity index (χ4v) is 2.80. The maximum absolute atomic E-state index is 14.4. The first-order valence-corrected chi connectivity index (χ1v) is 7.88. The summed E-state index contributed by atoms with van der Waals surface area (Å²) in [6.07, 6.45) is 0.395. The van der Waals surface area contributed by atoms with E-state index < -0.39 is 23.6 Å². The summed E-state index contributed by atoms with van der Waals surface area (Å²) in [5.74, 6) is -0.462. The molecule has 1 aliphatic heterocycles. The van der Waals surface area contributed by atoms with Crippen LogP contribution in [0.2, 0.25) is 0 Å². The van der Waals surface area contributed by atoms with Crippen LogP contribution in [0.5, 0.6) is 0 Å². The number of hydrogen-bond acceptors (Lipinski definition) is 4. The number of rotatable bonds is 4. The van der Waals surface area contributed by atoms with Crippen molar-refractivity contribution in [1.29, 1.82) is 0 Å². The van der Waals surface area contributed by atoms with E-state index in [2.05, 4.69) is 10.2 Å². The van der Waals surface area contributed by atoms with Gasteiger partial charge >= 0.3 is 6.09 Å². The van der Waals surface area contributed by atoms with Crippen molar-refractivity contribution >= 4 is 29.2 Å². The molecule has 0 spiro atoms. The molecule has 24 heavy (non-hydrogen) atoms. The number of thiocarbonyl (C=S) groups is 1. The van der Waals surface area contributed by atoms with E-state index in [-0.39, 0.29) is 11.7 Å². The van der Waals surface area contributed by atoms with Crippen molar-refractivity contribution in [1.82, 2.24) is 5.32 Å². The van der Waals surface area contributed by atoms with Crippen molar-refractivity contribution in [2.24, 2.45) is 0 Å². The molecular weight excluding hydrogens is 333 g/mol. The molecule has 0 aromatic heterocycles. The average molecular weight is 349 g/mol. The molecule has 1 aliphatic carbocycles. The zero-order valence-electron chi connectivity index (χ0n) is 13.0. The number of carbonyl (C=O) groups excluding carboxylic acids is 1. The van der Waals surface area contributed by atoms with E-state index in [1.807, 2.05) is 0 Å². The van der Waals surface area contributed by atoms with Crippen molar-refractivity contribution in [3.63, 3.8) is 0 Å². The minimum absolute atomic E-state index is 0.216. The van der Waals surface area contributed by atoms with Crippen LogP contribution >= 0.6 is 12.2 Å². The first-order chi connectivity index (χ1) is 11.5. The minimum atomic E-state index is -0.712. The van der Waals surface area contributed by atoms with Crippen LogP contribution in [-0.2, 0) is 15.0 Å². The second kappa shape index (κ2) is 6.24. The molecule has 126 valence electrons. The molecule has 1 aromatic carbocycles. The van der Waals surface area contributed by atoms with Gasteiger partial charge in [0.1, 0.15) is 11.9 Å². The topological polar surface area (TPSA) is 55.2 Å². The molecule has 1 N–H and O–H groups in total. The lowest BCUT2D eigenvalue weighted by atomic mass is 10.0. The first kappa shape index (κ1) is 16.5. The van der Waals surface area contributed by atoms with Gasteiger partial charge in [0.25, 0.3) is 10.7 Å². The highest BCUT2D eigenvalue weighted by Gasteiger charge is 2.54. The number of benzene rings is 1. The Kier molecular flexibility index (Phi) is 4.28. The lowest BCUT2D eigenvalue weighted by molar-refractivity contribution is 0.142. The van der Waals surface area contributed by atoms with Crippen LogP contribution in [0.4, 0.5) is 14.9 Å². The molecule has 1 saturated carbocycles. The number of nitrogens with one attached hydrogen (secondary N) is 1. The Balaban J connectivity index is 1.71. The number of amides is 1. The largest absolute Gasteiger partial charge is 0.474 e. The molecule has 2 fully saturated rings. The summed E-state index contributed by atoms with van der Waals surface area (Å²) in [4.78, 5) is 16.9. The number of nitrogens with zero attached hydrogens (tertiary/aromatic N) is 2. The fourth-order valence-electron chi connectivity index (χ4n) is 2.72. The molecular formula is C16H16FN3O3S. The van der Waals surface area contributed by atoms with Crippen LogP contribution in [0, 0.1) is 12.4 Å². The van der Waals surface area contributed by atoms with Crippen LogP contribution in [0.3, 0.4) is 0 Å². The lowest BCUT2D eigenvalue weighted by Gasteiger charge is -2.15. The van der Waals surface area contributed by atoms with Gasteiger partial charge in [0.2, 0.25) is 0 Å². The van der Waals surface area contributed by atoms with Crippen LogP contribution in [0.25, 0.3) is 4.85 Å². The van der Waals surface area contributed by atoms with Gasteiger partial charge in [-0.2, -0.15) is 0 Å². The quantitative estimate of drug-likeness (QED) is 0.669. The average Bonchev–Trinajstić information content (AvgIpc) is 3.29. The van der Waals surface area contributed by atoms with E-state index in [4.69, 9.17) is 28.3 Å². The standard InChI is InChI=1S/C16H16FN3O3S/c1-18-16(5-6-16)12-4-3-10(7-13(12)17)20-9-11(23-15(20)21)8-19-14(24)22-2/h3-4,7,11H,5-6,8-9H2,2H3,(H,19,24). The SMILES string of the molecule is [C-]#[N+]C1(c2ccc(N3CC(CNC(=S)OC)OC3=O)cc2F)CC1. The number of cyclic esters (lactones) is 1. The van der Waals surface area contributed by atoms with Gasteiger partial charge in [-0.25, -0.2) is 15.8 Å². The Labute approximate surface area is 144 Å². The van der Waals surface area contributed by atoms with Gasteiger partial charge in [-0.05, 0) is 30.4 Å². The van der Waals surface area contributed by atoms with Gasteiger partial charge in [-0.1, -0.05) is 0 Å². The predicted octanol–water partition coefficient (Wildman–Crippen LogP) is 2.58. The van der Waals surface area contributed by atoms with Gasteiger partial charge in [-0.3, -0.25) is 4.90 Å². The second-order valence-corrected chi connectivity index (χ2v) is 6.17. The molecule has 1 unspecified atom stereocenters. The van der Waals surface area contributed by atoms with Gasteiger partial charge in [0.15, 0.2) is 0 Å². The Morgan fingerprint density at radius 2 is 2.38 bits per heavy atom. The highest BCUT2D eigenvalue weighted by molar-refractivity contribution is 7.80. The molecule has 1 saturated heterocycles. The van der Waals surface area contributed by atoms with Crippen LogP contribution < -0.4 is 10.2 Å². The normalized spacial score (nSPS) is 21.0. The van der Waals surface area contributed by atoms with E-state index in [9.17, 15) is 9.18 Å². The third-order valence-electron chi connectivity index (χ3n) is 4.24. The first-order valence-electron chi connectivity index (χ1n) is 7.48. The maximum atomic E-state index is 14.4. The summed E-state index contributed by atoms with van der Waals surface area (Å²) in [6, 6.07) is 4.53. The molecule has 6 nitrogen and oxygen atoms in total. The van der Waals surface area contributed by atoms with E-state index >= 15 is 0 Å². The Hall–Kier alpha value is -2.40. The molecule has 8 heteroatoms. The van der Waals surface area contributed by atoms with Gasteiger partial charge in [-0.15, -0.1) is 0 Å².